The highest BCUT2D eigenvalue weighted by atomic mass is 16.5. The zero-order valence-electron chi connectivity index (χ0n) is 10.8. The maximum atomic E-state index is 11.1. The normalized spacial score (nSPS) is 15.3. The van der Waals surface area contributed by atoms with Crippen molar-refractivity contribution in [3.05, 3.63) is 29.3 Å². The molecule has 0 radical (unpaired) electrons. The van der Waals surface area contributed by atoms with Crippen LogP contribution in [0, 0.1) is 5.92 Å². The summed E-state index contributed by atoms with van der Waals surface area (Å²) in [5, 5.41) is 12.2. The molecule has 0 fully saturated rings. The first-order chi connectivity index (χ1) is 8.58. The first-order valence-corrected chi connectivity index (χ1v) is 6.28. The Morgan fingerprint density at radius 1 is 1.50 bits per heavy atom. The Bertz CT molecular complexity index is 443. The van der Waals surface area contributed by atoms with E-state index < -0.39 is 12.0 Å². The number of ether oxygens (including phenoxy) is 1. The minimum Gasteiger partial charge on any atom is -0.493 e. The van der Waals surface area contributed by atoms with Crippen LogP contribution in [0.5, 0.6) is 5.75 Å². The van der Waals surface area contributed by atoms with Gasteiger partial charge in [0.25, 0.3) is 0 Å². The molecule has 1 aromatic rings. The molecule has 1 heterocycles. The number of rotatable bonds is 5. The molecule has 0 saturated carbocycles. The Hall–Kier alpha value is -1.55. The average Bonchev–Trinajstić information content (AvgIpc) is 2.75. The summed E-state index contributed by atoms with van der Waals surface area (Å²) in [6, 6.07) is 5.53. The summed E-state index contributed by atoms with van der Waals surface area (Å²) in [4.78, 5) is 11.1. The van der Waals surface area contributed by atoms with Crippen LogP contribution in [-0.2, 0) is 17.8 Å². The lowest BCUT2D eigenvalue weighted by molar-refractivity contribution is -0.140. The molecule has 0 aromatic heterocycles. The Morgan fingerprint density at radius 3 is 2.94 bits per heavy atom. The minimum atomic E-state index is -0.797. The zero-order valence-corrected chi connectivity index (χ0v) is 10.8. The highest BCUT2D eigenvalue weighted by molar-refractivity contribution is 5.73. The summed E-state index contributed by atoms with van der Waals surface area (Å²) >= 11 is 0. The Morgan fingerprint density at radius 2 is 2.28 bits per heavy atom. The topological polar surface area (TPSA) is 58.6 Å². The molecular weight excluding hydrogens is 230 g/mol. The van der Waals surface area contributed by atoms with Gasteiger partial charge >= 0.3 is 5.97 Å². The van der Waals surface area contributed by atoms with Crippen LogP contribution >= 0.6 is 0 Å². The highest BCUT2D eigenvalue weighted by Crippen LogP contribution is 2.25. The van der Waals surface area contributed by atoms with E-state index in [1.165, 1.54) is 5.56 Å². The van der Waals surface area contributed by atoms with Crippen LogP contribution in [0.2, 0.25) is 0 Å². The monoisotopic (exact) mass is 249 g/mol. The van der Waals surface area contributed by atoms with Gasteiger partial charge in [-0.2, -0.15) is 0 Å². The molecule has 4 heteroatoms. The van der Waals surface area contributed by atoms with Gasteiger partial charge in [0.15, 0.2) is 0 Å². The van der Waals surface area contributed by atoms with Gasteiger partial charge in [-0.25, -0.2) is 0 Å². The van der Waals surface area contributed by atoms with Gasteiger partial charge in [0.2, 0.25) is 0 Å². The molecular formula is C14H19NO3. The van der Waals surface area contributed by atoms with Crippen LogP contribution in [0.1, 0.15) is 25.0 Å². The van der Waals surface area contributed by atoms with Crippen LogP contribution in [0.4, 0.5) is 0 Å². The van der Waals surface area contributed by atoms with Gasteiger partial charge in [-0.15, -0.1) is 0 Å². The standard InChI is InChI=1S/C14H19NO3/c1-9(2)13(14(16)17)15-8-10-3-4-12-11(7-10)5-6-18-12/h3-4,7,9,13,15H,5-6,8H2,1-2H3,(H,16,17)/t13-/m1/s1. The fourth-order valence-electron chi connectivity index (χ4n) is 2.19. The number of benzene rings is 1. The van der Waals surface area contributed by atoms with Gasteiger partial charge < -0.3 is 15.2 Å². The number of nitrogens with one attached hydrogen (secondary N) is 1. The molecule has 0 spiro atoms. The van der Waals surface area contributed by atoms with Gasteiger partial charge in [-0.05, 0) is 23.1 Å². The molecule has 1 aliphatic rings. The molecule has 0 saturated heterocycles. The third-order valence-electron chi connectivity index (χ3n) is 3.21. The SMILES string of the molecule is CC(C)[C@@H](NCc1ccc2c(c1)CCO2)C(=O)O. The number of carboxylic acids is 1. The largest absolute Gasteiger partial charge is 0.493 e. The zero-order chi connectivity index (χ0) is 13.1. The highest BCUT2D eigenvalue weighted by Gasteiger charge is 2.20. The van der Waals surface area contributed by atoms with Gasteiger partial charge in [0, 0.05) is 13.0 Å². The van der Waals surface area contributed by atoms with E-state index in [1.807, 2.05) is 26.0 Å². The van der Waals surface area contributed by atoms with Gasteiger partial charge in [0.1, 0.15) is 11.8 Å². The number of carboxylic acid groups (broad SMARTS) is 1. The lowest BCUT2D eigenvalue weighted by atomic mass is 10.0. The Kier molecular flexibility index (Phi) is 3.87. The van der Waals surface area contributed by atoms with Crippen molar-refractivity contribution in [2.45, 2.75) is 32.9 Å². The lowest BCUT2D eigenvalue weighted by Crippen LogP contribution is -2.40. The van der Waals surface area contributed by atoms with Crippen molar-refractivity contribution in [3.63, 3.8) is 0 Å². The van der Waals surface area contributed by atoms with E-state index >= 15 is 0 Å². The molecule has 18 heavy (non-hydrogen) atoms. The summed E-state index contributed by atoms with van der Waals surface area (Å²) in [5.41, 5.74) is 2.32. The van der Waals surface area contributed by atoms with E-state index in [-0.39, 0.29) is 5.92 Å². The van der Waals surface area contributed by atoms with E-state index in [4.69, 9.17) is 9.84 Å². The summed E-state index contributed by atoms with van der Waals surface area (Å²) < 4.78 is 5.44. The Balaban J connectivity index is 1.99. The van der Waals surface area contributed by atoms with E-state index in [0.29, 0.717) is 6.54 Å². The van der Waals surface area contributed by atoms with Crippen molar-refractivity contribution in [2.75, 3.05) is 6.61 Å². The first-order valence-electron chi connectivity index (χ1n) is 6.28. The molecule has 1 atom stereocenters. The van der Waals surface area contributed by atoms with E-state index in [0.717, 1.165) is 24.3 Å². The molecule has 0 unspecified atom stereocenters. The second kappa shape index (κ2) is 5.40. The number of carbonyl (C=O) groups is 1. The predicted molar refractivity (Wildman–Crippen MR) is 68.7 cm³/mol. The van der Waals surface area contributed by atoms with Gasteiger partial charge in [-0.3, -0.25) is 4.79 Å². The van der Waals surface area contributed by atoms with E-state index in [1.54, 1.807) is 0 Å². The number of aliphatic carboxylic acids is 1. The number of fused-ring (bicyclic) bond motifs is 1. The molecule has 1 aliphatic heterocycles. The molecule has 1 aromatic carbocycles. The molecule has 0 aliphatic carbocycles. The second-order valence-corrected chi connectivity index (χ2v) is 4.98. The first kappa shape index (κ1) is 12.9. The van der Waals surface area contributed by atoms with Crippen LogP contribution in [0.15, 0.2) is 18.2 Å². The molecule has 2 N–H and O–H groups in total. The fraction of sp³-hybridized carbons (Fsp3) is 0.500. The Labute approximate surface area is 107 Å². The third kappa shape index (κ3) is 2.82. The van der Waals surface area contributed by atoms with Crippen molar-refractivity contribution < 1.29 is 14.6 Å². The molecule has 98 valence electrons. The van der Waals surface area contributed by atoms with Crippen molar-refractivity contribution >= 4 is 5.97 Å². The predicted octanol–water partition coefficient (Wildman–Crippen LogP) is 1.82. The third-order valence-corrected chi connectivity index (χ3v) is 3.21. The molecule has 2 rings (SSSR count). The van der Waals surface area contributed by atoms with Crippen molar-refractivity contribution in [1.29, 1.82) is 0 Å². The van der Waals surface area contributed by atoms with Crippen molar-refractivity contribution in [2.24, 2.45) is 5.92 Å². The summed E-state index contributed by atoms with van der Waals surface area (Å²) in [5.74, 6) is 0.229. The van der Waals surface area contributed by atoms with Crippen LogP contribution < -0.4 is 10.1 Å². The summed E-state index contributed by atoms with van der Waals surface area (Å²) in [6.45, 7) is 5.13. The van der Waals surface area contributed by atoms with Crippen LogP contribution in [-0.4, -0.2) is 23.7 Å². The van der Waals surface area contributed by atoms with Gasteiger partial charge in [-0.1, -0.05) is 26.0 Å². The van der Waals surface area contributed by atoms with E-state index in [9.17, 15) is 4.79 Å². The van der Waals surface area contributed by atoms with E-state index in [2.05, 4.69) is 11.4 Å². The summed E-state index contributed by atoms with van der Waals surface area (Å²) in [6.07, 6.45) is 0.940. The smallest absolute Gasteiger partial charge is 0.320 e. The molecule has 0 amide bonds. The number of hydrogen-bond donors (Lipinski definition) is 2. The minimum absolute atomic E-state index is 0.0697. The van der Waals surface area contributed by atoms with Crippen LogP contribution in [0.3, 0.4) is 0 Å². The molecule has 0 bridgehead atoms. The van der Waals surface area contributed by atoms with Gasteiger partial charge in [0.05, 0.1) is 6.61 Å². The van der Waals surface area contributed by atoms with Crippen molar-refractivity contribution in [1.82, 2.24) is 5.32 Å². The summed E-state index contributed by atoms with van der Waals surface area (Å²) in [7, 11) is 0. The number of hydrogen-bond acceptors (Lipinski definition) is 3. The second-order valence-electron chi connectivity index (χ2n) is 4.98. The van der Waals surface area contributed by atoms with Crippen molar-refractivity contribution in [3.8, 4) is 5.75 Å². The maximum Gasteiger partial charge on any atom is 0.320 e. The van der Waals surface area contributed by atoms with Crippen LogP contribution in [0.25, 0.3) is 0 Å². The molecule has 4 nitrogen and oxygen atoms in total. The lowest BCUT2D eigenvalue weighted by Gasteiger charge is -2.18. The quantitative estimate of drug-likeness (QED) is 0.835. The average molecular weight is 249 g/mol. The fourth-order valence-corrected chi connectivity index (χ4v) is 2.19. The maximum absolute atomic E-state index is 11.1.